The Morgan fingerprint density at radius 2 is 1.35 bits per heavy atom. The van der Waals surface area contributed by atoms with Crippen LogP contribution < -0.4 is 22.1 Å². The minimum Gasteiger partial charge on any atom is -0.465 e. The van der Waals surface area contributed by atoms with E-state index in [9.17, 15) is 39.3 Å². The maximum atomic E-state index is 14.8. The number of nitrogens with two attached hydrogens (primary N) is 2. The van der Waals surface area contributed by atoms with E-state index >= 15 is 0 Å². The Bertz CT molecular complexity index is 4320. The van der Waals surface area contributed by atoms with Crippen molar-refractivity contribution in [3.63, 3.8) is 0 Å². The highest BCUT2D eigenvalue weighted by Crippen LogP contribution is 2.40. The van der Waals surface area contributed by atoms with Crippen molar-refractivity contribution < 1.29 is 110 Å². The first-order valence-electron chi connectivity index (χ1n) is 44.0. The van der Waals surface area contributed by atoms with Gasteiger partial charge in [0.1, 0.15) is 53.8 Å². The smallest absolute Gasteiger partial charge is 0.329 e. The molecule has 4 aliphatic rings. The quantitative estimate of drug-likeness (QED) is 0.00634. The number of oxazole rings is 1. The number of aliphatic hydroxyl groups excluding tert-OH is 2. The summed E-state index contributed by atoms with van der Waals surface area (Å²) in [6.45, 7) is 20.3. The van der Waals surface area contributed by atoms with Gasteiger partial charge in [0.25, 0.3) is 22.9 Å². The molecule has 5 aromatic rings. The van der Waals surface area contributed by atoms with Crippen molar-refractivity contribution in [3.05, 3.63) is 108 Å². The number of anilines is 2. The maximum absolute atomic E-state index is 14.8. The van der Waals surface area contributed by atoms with Crippen molar-refractivity contribution in [1.29, 1.82) is 0 Å². The molecule has 3 fully saturated rings. The summed E-state index contributed by atoms with van der Waals surface area (Å²) >= 11 is 5.62. The number of hydrogen-bond donors (Lipinski definition) is 7. The SMILES string of the molecule is CO[C@H]1C[C@@H]2CC[C@@H](C)[C@@](O)(O2)C(=O)C(=O)N2CCCC[C@H]2C(=O)O[C@H]([C@H](C)C[C@@H]2CC[C@@H](OC(=S)NCCOCCOCCOCCOCCOCCOCCOCCOCCC(=O)NCc3ccc(Cn4nc(-c5ccc6oc(N)nc6c5)c5c(N)ncnc54)cc3)[C@H](OC)C2)C[C@@H](O)[C@H](C)/C=C(\C)[C@@H](O)[C@@H](OC)C(=O)[C@H](C)C[C@H](C)/C=C/C=CC=C1C. The van der Waals surface area contributed by atoms with Crippen molar-refractivity contribution in [2.24, 2.45) is 35.5 Å². The monoisotopic (exact) mass is 1770 g/mol. The normalized spacial score (nSPS) is 26.6. The third-order valence-corrected chi connectivity index (χ3v) is 23.8. The average molecular weight is 1770 g/mol. The van der Waals surface area contributed by atoms with E-state index in [2.05, 4.69) is 25.6 Å². The Morgan fingerprint density at radius 3 is 2.00 bits per heavy atom. The molecule has 9 rings (SSSR count). The fraction of sp³-hybridized carbons (Fsp3) is 0.648. The Balaban J connectivity index is 0.595. The van der Waals surface area contributed by atoms with Gasteiger partial charge in [-0.15, -0.1) is 0 Å². The molecular formula is C91H134N10O23S. The lowest BCUT2D eigenvalue weighted by Gasteiger charge is -2.43. The number of rotatable bonds is 39. The number of fused-ring (bicyclic) bond motifs is 5. The molecule has 2 aromatic carbocycles. The lowest BCUT2D eigenvalue weighted by atomic mass is 9.78. The van der Waals surface area contributed by atoms with Gasteiger partial charge in [-0.2, -0.15) is 10.1 Å². The third-order valence-electron chi connectivity index (χ3n) is 23.6. The number of nitrogen functional groups attached to an aromatic ring is 2. The predicted octanol–water partition coefficient (Wildman–Crippen LogP) is 8.87. The molecule has 2 bridgehead atoms. The molecule has 0 spiro atoms. The molecule has 692 valence electrons. The summed E-state index contributed by atoms with van der Waals surface area (Å²) in [4.78, 5) is 84.5. The summed E-state index contributed by atoms with van der Waals surface area (Å²) in [6, 6.07) is 12.3. The third kappa shape index (κ3) is 31.1. The number of aromatic nitrogens is 5. The highest BCUT2D eigenvalue weighted by atomic mass is 32.1. The summed E-state index contributed by atoms with van der Waals surface area (Å²) < 4.78 is 88.8. The number of esters is 1. The standard InChI is InChI=1S/C91H134N10O23S/c1-58-16-12-11-13-17-59(2)75(110-8)53-69-26-19-64(7)91(109,124-69)84(106)87(107)100-31-15-14-18-71(100)88(108)121-76(54-72(102)60(3)49-63(6)82(105)83(112-10)81(104)62(5)48-58)61(4)50-67-24-27-74(77(51-67)111-9)123-90(125)94-30-33-114-35-37-116-39-41-118-43-45-120-47-46-119-44-42-117-40-38-115-36-34-113-32-29-78(103)95-55-65-20-22-66(23-21-65)56-101-86-79(85(92)96-57-97-86)80(99-101)68-25-28-73-70(52-68)98-89(93)122-73/h11-13,16-17,20-23,25,28,49,52,57-58,60-62,64,67,69,71-72,74-77,82-83,102,105,109H,14-15,18-19,24,26-27,29-48,50-51,53-56H2,1-10H3,(H2,93,98)(H,94,125)(H,95,103)(H2,92,96,97)/b13-11?,16-12+,59-17?,63-49+/t58-,60-,61-,62-,64-,67+,69+,71+,72-,74-,75+,76+,77-,82-,83+,91-/m1/s1. The van der Waals surface area contributed by atoms with Gasteiger partial charge in [0.2, 0.25) is 11.7 Å². The number of nitrogens with zero attached hydrogens (tertiary/aromatic N) is 6. The molecule has 2 amide bonds. The van der Waals surface area contributed by atoms with Gasteiger partial charge in [-0.1, -0.05) is 95.3 Å². The van der Waals surface area contributed by atoms with Crippen LogP contribution in [-0.2, 0) is 103 Å². The van der Waals surface area contributed by atoms with Crippen LogP contribution in [0.25, 0.3) is 33.4 Å². The van der Waals surface area contributed by atoms with Gasteiger partial charge in [-0.25, -0.2) is 19.4 Å². The van der Waals surface area contributed by atoms with Gasteiger partial charge >= 0.3 is 5.97 Å². The van der Waals surface area contributed by atoms with Crippen LogP contribution in [0.3, 0.4) is 0 Å². The van der Waals surface area contributed by atoms with Crippen LogP contribution in [0.1, 0.15) is 143 Å². The van der Waals surface area contributed by atoms with Crippen LogP contribution in [0, 0.1) is 35.5 Å². The predicted molar refractivity (Wildman–Crippen MR) is 471 cm³/mol. The second-order valence-electron chi connectivity index (χ2n) is 33.0. The molecule has 2 saturated heterocycles. The van der Waals surface area contributed by atoms with Crippen LogP contribution in [0.5, 0.6) is 0 Å². The van der Waals surface area contributed by atoms with Gasteiger partial charge in [-0.05, 0) is 148 Å². The zero-order valence-electron chi connectivity index (χ0n) is 74.3. The first-order chi connectivity index (χ1) is 60.3. The summed E-state index contributed by atoms with van der Waals surface area (Å²) in [5, 5.41) is 47.7. The van der Waals surface area contributed by atoms with E-state index in [1.54, 1.807) is 51.8 Å². The number of ether oxygens (including phenoxy) is 14. The van der Waals surface area contributed by atoms with Crippen molar-refractivity contribution in [3.8, 4) is 11.3 Å². The lowest BCUT2D eigenvalue weighted by molar-refractivity contribution is -0.265. The largest absolute Gasteiger partial charge is 0.465 e. The fourth-order valence-corrected chi connectivity index (χ4v) is 16.5. The number of hydrogen-bond acceptors (Lipinski definition) is 30. The minimum atomic E-state index is -2.46. The van der Waals surface area contributed by atoms with Crippen LogP contribution in [0.2, 0.25) is 0 Å². The van der Waals surface area contributed by atoms with Gasteiger partial charge in [0.15, 0.2) is 17.0 Å². The number of carbonyl (C=O) groups is 5. The van der Waals surface area contributed by atoms with Gasteiger partial charge in [0.05, 0.1) is 142 Å². The number of Topliss-reactive ketones (excluding diaryl/α,β-unsaturated/α-hetero) is 2. The van der Waals surface area contributed by atoms with E-state index < -0.39 is 83.9 Å². The molecule has 33 nitrogen and oxygen atoms in total. The van der Waals surface area contributed by atoms with Gasteiger partial charge in [-0.3, -0.25) is 19.2 Å². The lowest BCUT2D eigenvalue weighted by Crippen LogP contribution is -2.61. The molecule has 3 aromatic heterocycles. The maximum Gasteiger partial charge on any atom is 0.329 e. The van der Waals surface area contributed by atoms with E-state index in [0.717, 1.165) is 28.7 Å². The molecule has 6 heterocycles. The van der Waals surface area contributed by atoms with Crippen LogP contribution >= 0.6 is 12.2 Å². The number of aliphatic hydroxyl groups is 3. The van der Waals surface area contributed by atoms with E-state index in [4.69, 9.17) is 99.5 Å². The van der Waals surface area contributed by atoms with Crippen molar-refractivity contribution in [1.82, 2.24) is 40.3 Å². The highest BCUT2D eigenvalue weighted by molar-refractivity contribution is 7.80. The molecule has 125 heavy (non-hydrogen) atoms. The Morgan fingerprint density at radius 1 is 0.704 bits per heavy atom. The number of carbonyl (C=O) groups excluding carboxylic acids is 5. The topological polar surface area (TPSA) is 424 Å². The fourth-order valence-electron chi connectivity index (χ4n) is 16.2. The number of ketones is 2. The number of amides is 2. The van der Waals surface area contributed by atoms with Crippen LogP contribution in [-0.4, -0.2) is 280 Å². The molecule has 9 N–H and O–H groups in total. The van der Waals surface area contributed by atoms with Crippen molar-refractivity contribution in [2.75, 3.05) is 152 Å². The van der Waals surface area contributed by atoms with Gasteiger partial charge < -0.3 is 113 Å². The summed E-state index contributed by atoms with van der Waals surface area (Å²) in [5.41, 5.74) is 18.4. The van der Waals surface area contributed by atoms with Crippen molar-refractivity contribution in [2.45, 2.75) is 206 Å². The minimum absolute atomic E-state index is 0.000304. The molecule has 34 heteroatoms. The summed E-state index contributed by atoms with van der Waals surface area (Å²) in [7, 11) is 4.60. The molecule has 0 unspecified atom stereocenters. The average Bonchev–Trinajstić information content (AvgIpc) is 1.71. The number of thiocarbonyl (C=S) groups is 1. The first-order valence-corrected chi connectivity index (χ1v) is 44.4. The number of benzene rings is 2. The zero-order valence-corrected chi connectivity index (χ0v) is 75.1. The van der Waals surface area contributed by atoms with Gasteiger partial charge in [0, 0.05) is 83.5 Å². The molecule has 0 radical (unpaired) electrons. The first kappa shape index (κ1) is 101. The number of nitrogens with one attached hydrogen (secondary N) is 2. The van der Waals surface area contributed by atoms with E-state index in [-0.39, 0.29) is 85.3 Å². The summed E-state index contributed by atoms with van der Waals surface area (Å²) in [6.07, 6.45) is 12.1. The Labute approximate surface area is 739 Å². The zero-order chi connectivity index (χ0) is 89.8. The highest BCUT2D eigenvalue weighted by Gasteiger charge is 2.53. The van der Waals surface area contributed by atoms with Crippen LogP contribution in [0.4, 0.5) is 11.8 Å². The second-order valence-corrected chi connectivity index (χ2v) is 33.4. The van der Waals surface area contributed by atoms with Crippen molar-refractivity contribution >= 4 is 80.7 Å². The molecule has 1 aliphatic carbocycles. The van der Waals surface area contributed by atoms with E-state index in [1.165, 1.54) is 18.3 Å². The molecule has 3 aliphatic heterocycles. The molecular weight excluding hydrogens is 1630 g/mol. The second kappa shape index (κ2) is 52.4. The van der Waals surface area contributed by atoms with Crippen LogP contribution in [0.15, 0.2) is 101 Å². The number of piperidine rings is 1. The Kier molecular flexibility index (Phi) is 42.1. The Hall–Kier alpha value is -8.14. The number of methoxy groups -OCH3 is 3. The number of cyclic esters (lactones) is 1. The van der Waals surface area contributed by atoms with E-state index in [0.29, 0.717) is 216 Å². The molecule has 1 saturated carbocycles. The molecule has 16 atom stereocenters. The van der Waals surface area contributed by atoms with E-state index in [1.807, 2.05) is 94.5 Å². The summed E-state index contributed by atoms with van der Waals surface area (Å²) in [5.74, 6) is -7.51. The number of allylic oxidation sites excluding steroid dienone is 5.